The number of aliphatic imine (C=N–C) groups is 1. The second kappa shape index (κ2) is 5.30. The van der Waals surface area contributed by atoms with Crippen LogP contribution in [-0.2, 0) is 0 Å². The number of rotatable bonds is 3. The van der Waals surface area contributed by atoms with Gasteiger partial charge in [0.25, 0.3) is 5.91 Å². The zero-order valence-corrected chi connectivity index (χ0v) is 11.1. The van der Waals surface area contributed by atoms with E-state index in [0.717, 1.165) is 11.4 Å². The van der Waals surface area contributed by atoms with E-state index in [1.807, 2.05) is 30.2 Å². The SMILES string of the molecule is CCNC(=O)c1ncccc1N1CNC2N=CNC=C21. The fraction of sp³-hybridized carbons (Fsp3) is 0.308. The Morgan fingerprint density at radius 3 is 3.35 bits per heavy atom. The highest BCUT2D eigenvalue weighted by molar-refractivity contribution is 5.98. The van der Waals surface area contributed by atoms with Crippen LogP contribution in [0.15, 0.2) is 35.2 Å². The number of carbonyl (C=O) groups excluding carboxylic acids is 1. The minimum absolute atomic E-state index is 0.0708. The molecule has 3 heterocycles. The van der Waals surface area contributed by atoms with E-state index in [1.54, 1.807) is 12.5 Å². The summed E-state index contributed by atoms with van der Waals surface area (Å²) in [5.41, 5.74) is 2.18. The smallest absolute Gasteiger partial charge is 0.272 e. The van der Waals surface area contributed by atoms with Crippen LogP contribution < -0.4 is 20.9 Å². The van der Waals surface area contributed by atoms with Crippen molar-refractivity contribution in [1.29, 1.82) is 0 Å². The average molecular weight is 272 g/mol. The summed E-state index contributed by atoms with van der Waals surface area (Å²) in [6, 6.07) is 3.71. The van der Waals surface area contributed by atoms with Crippen molar-refractivity contribution in [3.63, 3.8) is 0 Å². The first-order valence-electron chi connectivity index (χ1n) is 6.53. The largest absolute Gasteiger partial charge is 0.351 e. The molecule has 7 heteroatoms. The van der Waals surface area contributed by atoms with Crippen molar-refractivity contribution in [2.24, 2.45) is 4.99 Å². The molecular formula is C13H16N6O. The molecular weight excluding hydrogens is 256 g/mol. The normalized spacial score (nSPS) is 20.1. The van der Waals surface area contributed by atoms with Crippen molar-refractivity contribution in [2.75, 3.05) is 18.1 Å². The van der Waals surface area contributed by atoms with Crippen LogP contribution in [0, 0.1) is 0 Å². The van der Waals surface area contributed by atoms with Gasteiger partial charge in [0.05, 0.1) is 24.4 Å². The van der Waals surface area contributed by atoms with Crippen LogP contribution >= 0.6 is 0 Å². The second-order valence-electron chi connectivity index (χ2n) is 4.44. The molecule has 1 amide bonds. The Bertz CT molecular complexity index is 582. The summed E-state index contributed by atoms with van der Waals surface area (Å²) in [6.45, 7) is 3.05. The lowest BCUT2D eigenvalue weighted by Crippen LogP contribution is -2.29. The standard InChI is InChI=1S/C13H16N6O/c1-2-15-13(20)11-9(4-3-5-16-11)19-8-18-12-10(19)6-14-7-17-12/h3-7,12,18H,2,8H2,1H3,(H,14,17)(H,15,20). The van der Waals surface area contributed by atoms with Crippen molar-refractivity contribution >= 4 is 17.9 Å². The van der Waals surface area contributed by atoms with E-state index in [9.17, 15) is 4.79 Å². The van der Waals surface area contributed by atoms with Crippen LogP contribution in [0.2, 0.25) is 0 Å². The topological polar surface area (TPSA) is 81.7 Å². The molecule has 7 nitrogen and oxygen atoms in total. The van der Waals surface area contributed by atoms with Gasteiger partial charge in [-0.25, -0.2) is 4.98 Å². The van der Waals surface area contributed by atoms with Gasteiger partial charge < -0.3 is 15.5 Å². The van der Waals surface area contributed by atoms with Crippen molar-refractivity contribution < 1.29 is 4.79 Å². The lowest BCUT2D eigenvalue weighted by atomic mass is 10.2. The highest BCUT2D eigenvalue weighted by Gasteiger charge is 2.31. The summed E-state index contributed by atoms with van der Waals surface area (Å²) in [5.74, 6) is -0.167. The van der Waals surface area contributed by atoms with Gasteiger partial charge in [0.2, 0.25) is 0 Å². The first kappa shape index (κ1) is 12.6. The Morgan fingerprint density at radius 2 is 2.50 bits per heavy atom. The van der Waals surface area contributed by atoms with Crippen LogP contribution in [0.25, 0.3) is 0 Å². The van der Waals surface area contributed by atoms with E-state index < -0.39 is 0 Å². The molecule has 1 saturated heterocycles. The van der Waals surface area contributed by atoms with E-state index in [2.05, 4.69) is 25.9 Å². The van der Waals surface area contributed by atoms with Gasteiger partial charge in [0.15, 0.2) is 5.69 Å². The van der Waals surface area contributed by atoms with Crippen LogP contribution in [0.1, 0.15) is 17.4 Å². The maximum atomic E-state index is 12.1. The quantitative estimate of drug-likeness (QED) is 0.721. The Labute approximate surface area is 116 Å². The molecule has 2 aliphatic rings. The van der Waals surface area contributed by atoms with Crippen LogP contribution in [0.5, 0.6) is 0 Å². The van der Waals surface area contributed by atoms with Crippen LogP contribution in [0.3, 0.4) is 0 Å². The number of amides is 1. The van der Waals surface area contributed by atoms with Crippen molar-refractivity contribution in [3.8, 4) is 0 Å². The highest BCUT2D eigenvalue weighted by atomic mass is 16.1. The van der Waals surface area contributed by atoms with Crippen molar-refractivity contribution in [2.45, 2.75) is 13.1 Å². The van der Waals surface area contributed by atoms with Crippen molar-refractivity contribution in [1.82, 2.24) is 20.9 Å². The molecule has 0 aliphatic carbocycles. The lowest BCUT2D eigenvalue weighted by molar-refractivity contribution is 0.0951. The summed E-state index contributed by atoms with van der Waals surface area (Å²) in [4.78, 5) is 22.6. The summed E-state index contributed by atoms with van der Waals surface area (Å²) < 4.78 is 0. The molecule has 1 unspecified atom stereocenters. The molecule has 1 aromatic rings. The fourth-order valence-electron chi connectivity index (χ4n) is 2.31. The first-order chi connectivity index (χ1) is 9.81. The zero-order valence-electron chi connectivity index (χ0n) is 11.1. The Hall–Kier alpha value is -2.41. The predicted octanol–water partition coefficient (Wildman–Crippen LogP) is -0.00260. The van der Waals surface area contributed by atoms with Gasteiger partial charge in [-0.2, -0.15) is 0 Å². The second-order valence-corrected chi connectivity index (χ2v) is 4.44. The maximum Gasteiger partial charge on any atom is 0.272 e. The number of aromatic nitrogens is 1. The number of fused-ring (bicyclic) bond motifs is 1. The molecule has 2 aliphatic heterocycles. The number of nitrogens with zero attached hydrogens (tertiary/aromatic N) is 3. The molecule has 0 bridgehead atoms. The Balaban J connectivity index is 1.95. The number of hydrogen-bond acceptors (Lipinski definition) is 6. The number of pyridine rings is 1. The van der Waals surface area contributed by atoms with Gasteiger partial charge in [-0.3, -0.25) is 15.1 Å². The predicted molar refractivity (Wildman–Crippen MR) is 76.2 cm³/mol. The van der Waals surface area contributed by atoms with Gasteiger partial charge >= 0.3 is 0 Å². The number of nitrogens with one attached hydrogen (secondary N) is 3. The third kappa shape index (κ3) is 2.12. The highest BCUT2D eigenvalue weighted by Crippen LogP contribution is 2.27. The van der Waals surface area contributed by atoms with Gasteiger partial charge in [0, 0.05) is 18.9 Å². The maximum absolute atomic E-state index is 12.1. The molecule has 0 radical (unpaired) electrons. The zero-order chi connectivity index (χ0) is 13.9. The van der Waals surface area contributed by atoms with Gasteiger partial charge in [-0.05, 0) is 19.1 Å². The van der Waals surface area contributed by atoms with E-state index in [4.69, 9.17) is 0 Å². The minimum Gasteiger partial charge on any atom is -0.351 e. The first-order valence-corrected chi connectivity index (χ1v) is 6.53. The molecule has 0 spiro atoms. The minimum atomic E-state index is -0.167. The molecule has 1 atom stereocenters. The number of carbonyl (C=O) groups is 1. The van der Waals surface area contributed by atoms with E-state index in [0.29, 0.717) is 18.9 Å². The lowest BCUT2D eigenvalue weighted by Gasteiger charge is -2.23. The summed E-state index contributed by atoms with van der Waals surface area (Å²) in [6.07, 6.45) is 5.09. The van der Waals surface area contributed by atoms with Gasteiger partial charge in [-0.15, -0.1) is 0 Å². The Morgan fingerprint density at radius 1 is 1.60 bits per heavy atom. The fourth-order valence-corrected chi connectivity index (χ4v) is 2.31. The molecule has 1 aromatic heterocycles. The molecule has 20 heavy (non-hydrogen) atoms. The summed E-state index contributed by atoms with van der Waals surface area (Å²) in [7, 11) is 0. The monoisotopic (exact) mass is 272 g/mol. The third-order valence-corrected chi connectivity index (χ3v) is 3.19. The Kier molecular flexibility index (Phi) is 3.34. The van der Waals surface area contributed by atoms with E-state index >= 15 is 0 Å². The van der Waals surface area contributed by atoms with Gasteiger partial charge in [0.1, 0.15) is 6.17 Å². The molecule has 3 rings (SSSR count). The molecule has 3 N–H and O–H groups in total. The summed E-state index contributed by atoms with van der Waals surface area (Å²) in [5, 5.41) is 9.02. The molecule has 104 valence electrons. The third-order valence-electron chi connectivity index (χ3n) is 3.19. The average Bonchev–Trinajstić information content (AvgIpc) is 2.91. The van der Waals surface area contributed by atoms with Crippen LogP contribution in [-0.4, -0.2) is 36.6 Å². The molecule has 0 aromatic carbocycles. The number of anilines is 1. The molecule has 1 fully saturated rings. The van der Waals surface area contributed by atoms with Crippen LogP contribution in [0.4, 0.5) is 5.69 Å². The van der Waals surface area contributed by atoms with E-state index in [1.165, 1.54) is 0 Å². The molecule has 0 saturated carbocycles. The van der Waals surface area contributed by atoms with Crippen molar-refractivity contribution in [3.05, 3.63) is 35.9 Å². The number of hydrogen-bond donors (Lipinski definition) is 3. The van der Waals surface area contributed by atoms with E-state index in [-0.39, 0.29) is 12.1 Å². The van der Waals surface area contributed by atoms with Gasteiger partial charge in [-0.1, -0.05) is 0 Å². The summed E-state index contributed by atoms with van der Waals surface area (Å²) >= 11 is 0.